The number of hydrogen-bond donors (Lipinski definition) is 3. The van der Waals surface area contributed by atoms with Crippen LogP contribution in [0.1, 0.15) is 51.0 Å². The van der Waals surface area contributed by atoms with Crippen LogP contribution in [0.15, 0.2) is 42.9 Å². The van der Waals surface area contributed by atoms with Crippen LogP contribution in [0.3, 0.4) is 0 Å². The molecule has 2 atom stereocenters. The number of nitrogens with zero attached hydrogens (tertiary/aromatic N) is 4. The van der Waals surface area contributed by atoms with Crippen molar-refractivity contribution in [2.45, 2.75) is 62.7 Å². The quantitative estimate of drug-likeness (QED) is 0.538. The minimum atomic E-state index is -0.740. The van der Waals surface area contributed by atoms with Crippen LogP contribution in [0.2, 0.25) is 0 Å². The first-order chi connectivity index (χ1) is 16.0. The standard InChI is InChI=1S/C25H30FN5O2/c1-27-24-28-13-11-21(30-24)23-22(16-2-6-18(26)7-3-16)29-15-31(23)19-8-4-17(5-9-19)25(33)12-10-20(32)14-25/h2-3,6-7,11,13,15,17,19-20,32-33H,4-5,8-10,12,14H2,1H3,(H,27,28,30). The van der Waals surface area contributed by atoms with Gasteiger partial charge in [0, 0.05) is 31.3 Å². The van der Waals surface area contributed by atoms with Gasteiger partial charge in [0.05, 0.1) is 35.1 Å². The molecule has 0 aliphatic heterocycles. The lowest BCUT2D eigenvalue weighted by atomic mass is 9.74. The van der Waals surface area contributed by atoms with Crippen LogP contribution in [-0.2, 0) is 0 Å². The van der Waals surface area contributed by atoms with E-state index in [1.807, 2.05) is 12.4 Å². The monoisotopic (exact) mass is 451 g/mol. The minimum absolute atomic E-state index is 0.212. The molecule has 0 bridgehead atoms. The predicted octanol–water partition coefficient (Wildman–Crippen LogP) is 4.20. The molecule has 5 rings (SSSR count). The van der Waals surface area contributed by atoms with Crippen molar-refractivity contribution in [3.05, 3.63) is 48.7 Å². The summed E-state index contributed by atoms with van der Waals surface area (Å²) in [7, 11) is 1.78. The molecular weight excluding hydrogens is 421 g/mol. The smallest absolute Gasteiger partial charge is 0.222 e. The zero-order chi connectivity index (χ0) is 23.0. The van der Waals surface area contributed by atoms with E-state index in [1.54, 1.807) is 25.4 Å². The Morgan fingerprint density at radius 1 is 1.06 bits per heavy atom. The average molecular weight is 452 g/mol. The Hall–Kier alpha value is -2.84. The molecule has 3 aromatic rings. The highest BCUT2D eigenvalue weighted by molar-refractivity contribution is 5.77. The Bertz CT molecular complexity index is 1110. The van der Waals surface area contributed by atoms with Crippen molar-refractivity contribution >= 4 is 5.95 Å². The van der Waals surface area contributed by atoms with Gasteiger partial charge in [0.1, 0.15) is 5.82 Å². The van der Waals surface area contributed by atoms with Gasteiger partial charge in [-0.05, 0) is 74.8 Å². The summed E-state index contributed by atoms with van der Waals surface area (Å²) in [6, 6.07) is 8.46. The predicted molar refractivity (Wildman–Crippen MR) is 124 cm³/mol. The van der Waals surface area contributed by atoms with Crippen LogP contribution < -0.4 is 5.32 Å². The molecule has 3 N–H and O–H groups in total. The number of anilines is 1. The summed E-state index contributed by atoms with van der Waals surface area (Å²) in [5.74, 6) is 0.452. The molecule has 2 aliphatic carbocycles. The van der Waals surface area contributed by atoms with Gasteiger partial charge in [-0.2, -0.15) is 0 Å². The second-order valence-corrected chi connectivity index (χ2v) is 9.38. The maximum absolute atomic E-state index is 13.6. The third-order valence-electron chi connectivity index (χ3n) is 7.38. The maximum atomic E-state index is 13.6. The highest BCUT2D eigenvalue weighted by Crippen LogP contribution is 2.46. The SMILES string of the molecule is CNc1nccc(-c2c(-c3ccc(F)cc3)ncn2C2CCC(C3(O)CCC(O)C3)CC2)n1. The Morgan fingerprint density at radius 3 is 2.48 bits per heavy atom. The summed E-state index contributed by atoms with van der Waals surface area (Å²) in [6.07, 6.45) is 8.69. The van der Waals surface area contributed by atoms with E-state index in [2.05, 4.69) is 19.9 Å². The van der Waals surface area contributed by atoms with E-state index in [9.17, 15) is 14.6 Å². The number of aliphatic hydroxyl groups excluding tert-OH is 1. The second kappa shape index (κ2) is 8.83. The van der Waals surface area contributed by atoms with Crippen molar-refractivity contribution < 1.29 is 14.6 Å². The van der Waals surface area contributed by atoms with Crippen molar-refractivity contribution in [3.8, 4) is 22.6 Å². The molecule has 2 saturated carbocycles. The van der Waals surface area contributed by atoms with Gasteiger partial charge in [-0.3, -0.25) is 0 Å². The summed E-state index contributed by atoms with van der Waals surface area (Å²) in [6.45, 7) is 0. The minimum Gasteiger partial charge on any atom is -0.393 e. The number of imidazole rings is 1. The third-order valence-corrected chi connectivity index (χ3v) is 7.38. The fourth-order valence-electron chi connectivity index (χ4n) is 5.61. The molecule has 0 spiro atoms. The van der Waals surface area contributed by atoms with Crippen LogP contribution in [0, 0.1) is 11.7 Å². The number of hydrogen-bond acceptors (Lipinski definition) is 6. The zero-order valence-corrected chi connectivity index (χ0v) is 18.8. The van der Waals surface area contributed by atoms with Gasteiger partial charge in [0.15, 0.2) is 0 Å². The van der Waals surface area contributed by atoms with Crippen LogP contribution in [0.25, 0.3) is 22.6 Å². The average Bonchev–Trinajstić information content (AvgIpc) is 3.44. The molecule has 0 saturated heterocycles. The summed E-state index contributed by atoms with van der Waals surface area (Å²) < 4.78 is 15.7. The topological polar surface area (TPSA) is 96.1 Å². The first kappa shape index (κ1) is 22.0. The molecule has 0 radical (unpaired) electrons. The molecule has 2 unspecified atom stereocenters. The van der Waals surface area contributed by atoms with Crippen molar-refractivity contribution in [1.82, 2.24) is 19.5 Å². The fourth-order valence-corrected chi connectivity index (χ4v) is 5.61. The van der Waals surface area contributed by atoms with Crippen LogP contribution >= 0.6 is 0 Å². The molecule has 2 heterocycles. The fraction of sp³-hybridized carbons (Fsp3) is 0.480. The van der Waals surface area contributed by atoms with Gasteiger partial charge in [-0.25, -0.2) is 19.3 Å². The van der Waals surface area contributed by atoms with Gasteiger partial charge >= 0.3 is 0 Å². The summed E-state index contributed by atoms with van der Waals surface area (Å²) in [4.78, 5) is 13.6. The zero-order valence-electron chi connectivity index (χ0n) is 18.8. The van der Waals surface area contributed by atoms with Gasteiger partial charge < -0.3 is 20.1 Å². The lowest BCUT2D eigenvalue weighted by molar-refractivity contribution is -0.0398. The Balaban J connectivity index is 1.47. The molecule has 0 amide bonds. The first-order valence-corrected chi connectivity index (χ1v) is 11.7. The number of nitrogens with one attached hydrogen (secondary N) is 1. The van der Waals surface area contributed by atoms with Crippen molar-refractivity contribution in [1.29, 1.82) is 0 Å². The molecule has 33 heavy (non-hydrogen) atoms. The number of halogens is 1. The normalized spacial score (nSPS) is 27.6. The first-order valence-electron chi connectivity index (χ1n) is 11.7. The number of aromatic nitrogens is 4. The molecule has 8 heteroatoms. The molecule has 2 aliphatic rings. The van der Waals surface area contributed by atoms with Gasteiger partial charge in [-0.15, -0.1) is 0 Å². The van der Waals surface area contributed by atoms with E-state index in [4.69, 9.17) is 4.98 Å². The van der Waals surface area contributed by atoms with Gasteiger partial charge in [0.25, 0.3) is 0 Å². The summed E-state index contributed by atoms with van der Waals surface area (Å²) in [5, 5.41) is 24.0. The lowest BCUT2D eigenvalue weighted by Crippen LogP contribution is -2.38. The highest BCUT2D eigenvalue weighted by Gasteiger charge is 2.44. The van der Waals surface area contributed by atoms with Crippen molar-refractivity contribution in [2.24, 2.45) is 5.92 Å². The van der Waals surface area contributed by atoms with Crippen LogP contribution in [0.4, 0.5) is 10.3 Å². The molecule has 1 aromatic carbocycles. The largest absolute Gasteiger partial charge is 0.393 e. The van der Waals surface area contributed by atoms with E-state index < -0.39 is 5.60 Å². The molecule has 7 nitrogen and oxygen atoms in total. The molecule has 2 aromatic heterocycles. The third kappa shape index (κ3) is 4.25. The highest BCUT2D eigenvalue weighted by atomic mass is 19.1. The molecular formula is C25H30FN5O2. The van der Waals surface area contributed by atoms with E-state index in [0.29, 0.717) is 25.2 Å². The van der Waals surface area contributed by atoms with E-state index >= 15 is 0 Å². The molecule has 2 fully saturated rings. The number of rotatable bonds is 5. The van der Waals surface area contributed by atoms with Crippen molar-refractivity contribution in [2.75, 3.05) is 12.4 Å². The van der Waals surface area contributed by atoms with Crippen LogP contribution in [0.5, 0.6) is 0 Å². The second-order valence-electron chi connectivity index (χ2n) is 9.38. The van der Waals surface area contributed by atoms with Crippen LogP contribution in [-0.4, -0.2) is 48.5 Å². The lowest BCUT2D eigenvalue weighted by Gasteiger charge is -2.38. The maximum Gasteiger partial charge on any atom is 0.222 e. The number of aliphatic hydroxyl groups is 2. The number of benzene rings is 1. The van der Waals surface area contributed by atoms with E-state index in [0.717, 1.165) is 48.3 Å². The Kier molecular flexibility index (Phi) is 5.88. The Labute approximate surface area is 192 Å². The summed E-state index contributed by atoms with van der Waals surface area (Å²) >= 11 is 0. The molecule has 174 valence electrons. The summed E-state index contributed by atoms with van der Waals surface area (Å²) in [5.41, 5.74) is 2.49. The van der Waals surface area contributed by atoms with E-state index in [1.165, 1.54) is 12.1 Å². The van der Waals surface area contributed by atoms with Crippen molar-refractivity contribution in [3.63, 3.8) is 0 Å². The Morgan fingerprint density at radius 2 is 1.82 bits per heavy atom. The van der Waals surface area contributed by atoms with Gasteiger partial charge in [-0.1, -0.05) is 0 Å². The van der Waals surface area contributed by atoms with E-state index in [-0.39, 0.29) is 23.9 Å². The van der Waals surface area contributed by atoms with Gasteiger partial charge in [0.2, 0.25) is 5.95 Å².